The number of carboxylic acids is 1. The van der Waals surface area contributed by atoms with Gasteiger partial charge in [0.25, 0.3) is 5.56 Å². The van der Waals surface area contributed by atoms with E-state index in [2.05, 4.69) is 15.3 Å². The predicted octanol–water partition coefficient (Wildman–Crippen LogP) is 2.39. The van der Waals surface area contributed by atoms with Gasteiger partial charge in [0.15, 0.2) is 11.2 Å². The summed E-state index contributed by atoms with van der Waals surface area (Å²) in [6.45, 7) is 3.51. The maximum absolute atomic E-state index is 12.9. The third kappa shape index (κ3) is 2.66. The van der Waals surface area contributed by atoms with E-state index in [0.717, 1.165) is 11.1 Å². The van der Waals surface area contributed by atoms with Crippen molar-refractivity contribution >= 4 is 22.6 Å². The van der Waals surface area contributed by atoms with Crippen LogP contribution in [-0.4, -0.2) is 35.5 Å². The van der Waals surface area contributed by atoms with Gasteiger partial charge >= 0.3 is 5.97 Å². The molecule has 1 unspecified atom stereocenters. The molecule has 0 aliphatic rings. The Morgan fingerprint density at radius 2 is 1.85 bits per heavy atom. The Labute approximate surface area is 153 Å². The fourth-order valence-corrected chi connectivity index (χ4v) is 3.27. The van der Waals surface area contributed by atoms with Gasteiger partial charge in [-0.25, -0.2) is 9.31 Å². The maximum atomic E-state index is 12.9. The number of hydrogen-bond acceptors (Lipinski definition) is 5. The van der Waals surface area contributed by atoms with Gasteiger partial charge in [0.1, 0.15) is 11.6 Å². The average Bonchev–Trinajstić information content (AvgIpc) is 3.08. The number of pyridine rings is 1. The number of fused-ring (bicyclic) bond motifs is 3. The Bertz CT molecular complexity index is 1210. The molecule has 0 bridgehead atoms. The summed E-state index contributed by atoms with van der Waals surface area (Å²) in [5.41, 5.74) is 2.35. The lowest BCUT2D eigenvalue weighted by molar-refractivity contribution is -0.142. The Balaban J connectivity index is 1.95. The minimum atomic E-state index is -1.06. The molecule has 1 aromatic carbocycles. The van der Waals surface area contributed by atoms with E-state index in [1.165, 1.54) is 10.8 Å². The van der Waals surface area contributed by atoms with Crippen LogP contribution in [-0.2, 0) is 4.79 Å². The van der Waals surface area contributed by atoms with Gasteiger partial charge in [-0.1, -0.05) is 44.2 Å². The highest BCUT2D eigenvalue weighted by Crippen LogP contribution is 2.24. The first-order valence-electron chi connectivity index (χ1n) is 8.52. The Hall–Kier alpha value is -3.55. The molecule has 0 aliphatic carbocycles. The van der Waals surface area contributed by atoms with Crippen molar-refractivity contribution in [3.8, 4) is 11.1 Å². The van der Waals surface area contributed by atoms with E-state index >= 15 is 0 Å². The summed E-state index contributed by atoms with van der Waals surface area (Å²) in [5, 5.41) is 22.1. The zero-order valence-electron chi connectivity index (χ0n) is 14.8. The van der Waals surface area contributed by atoms with Crippen molar-refractivity contribution in [2.45, 2.75) is 19.9 Å². The summed E-state index contributed by atoms with van der Waals surface area (Å²) in [6, 6.07) is 10.3. The van der Waals surface area contributed by atoms with E-state index in [1.54, 1.807) is 30.6 Å². The monoisotopic (exact) mass is 363 g/mol. The van der Waals surface area contributed by atoms with E-state index in [4.69, 9.17) is 0 Å². The van der Waals surface area contributed by atoms with E-state index in [-0.39, 0.29) is 11.4 Å². The van der Waals surface area contributed by atoms with Crippen molar-refractivity contribution < 1.29 is 9.90 Å². The molecule has 0 aliphatic heterocycles. The largest absolute Gasteiger partial charge is 0.480 e. The molecular formula is C19H17N5O3. The van der Waals surface area contributed by atoms with Crippen molar-refractivity contribution in [2.75, 3.05) is 0 Å². The van der Waals surface area contributed by atoms with Crippen molar-refractivity contribution in [2.24, 2.45) is 5.92 Å². The number of carbonyl (C=O) groups is 1. The third-order valence-electron chi connectivity index (χ3n) is 4.56. The highest BCUT2D eigenvalue weighted by Gasteiger charge is 2.26. The zero-order valence-corrected chi connectivity index (χ0v) is 14.8. The van der Waals surface area contributed by atoms with Gasteiger partial charge in [-0.3, -0.25) is 9.36 Å². The first-order valence-corrected chi connectivity index (χ1v) is 8.52. The van der Waals surface area contributed by atoms with E-state index < -0.39 is 17.6 Å². The van der Waals surface area contributed by atoms with Crippen LogP contribution in [0, 0.1) is 5.92 Å². The first-order chi connectivity index (χ1) is 13.0. The minimum absolute atomic E-state index is 0.0830. The summed E-state index contributed by atoms with van der Waals surface area (Å²) < 4.78 is 2.75. The molecule has 8 heteroatoms. The average molecular weight is 363 g/mol. The highest BCUT2D eigenvalue weighted by atomic mass is 16.4. The van der Waals surface area contributed by atoms with Gasteiger partial charge in [0.05, 0.1) is 6.20 Å². The predicted molar refractivity (Wildman–Crippen MR) is 99.5 cm³/mol. The Morgan fingerprint density at radius 1 is 1.11 bits per heavy atom. The second kappa shape index (κ2) is 6.31. The molecule has 0 amide bonds. The minimum Gasteiger partial charge on any atom is -0.480 e. The fourth-order valence-electron chi connectivity index (χ4n) is 3.27. The molecule has 4 rings (SSSR count). The van der Waals surface area contributed by atoms with Crippen LogP contribution in [0.25, 0.3) is 27.8 Å². The fraction of sp³-hybridized carbons (Fsp3) is 0.211. The number of nitrogens with zero attached hydrogens (tertiary/aromatic N) is 5. The molecule has 3 aromatic heterocycles. The lowest BCUT2D eigenvalue weighted by Crippen LogP contribution is -2.33. The second-order valence-electron chi connectivity index (χ2n) is 6.65. The van der Waals surface area contributed by atoms with E-state index in [9.17, 15) is 14.7 Å². The van der Waals surface area contributed by atoms with Crippen LogP contribution in [0.5, 0.6) is 0 Å². The van der Waals surface area contributed by atoms with Crippen molar-refractivity contribution in [3.63, 3.8) is 0 Å². The summed E-state index contributed by atoms with van der Waals surface area (Å²) >= 11 is 0. The van der Waals surface area contributed by atoms with Crippen LogP contribution in [0.3, 0.4) is 0 Å². The van der Waals surface area contributed by atoms with Crippen LogP contribution in [0.1, 0.15) is 19.9 Å². The number of aromatic nitrogens is 5. The smallest absolute Gasteiger partial charge is 0.327 e. The molecule has 0 fully saturated rings. The van der Waals surface area contributed by atoms with Crippen LogP contribution >= 0.6 is 0 Å². The van der Waals surface area contributed by atoms with E-state index in [1.807, 2.05) is 30.3 Å². The molecule has 3 heterocycles. The molecular weight excluding hydrogens is 346 g/mol. The zero-order chi connectivity index (χ0) is 19.1. The summed E-state index contributed by atoms with van der Waals surface area (Å²) in [4.78, 5) is 24.4. The lowest BCUT2D eigenvalue weighted by Gasteiger charge is -2.19. The molecule has 136 valence electrons. The molecule has 0 spiro atoms. The standard InChI is InChI=1S/C19H17N5O3/c1-11(2)16(19(26)27)23-9-8-14-15(18(23)25)21-22-17-13(10-20-24(14)17)12-6-4-3-5-7-12/h3-11,16H,1-2H3,(H,26,27). The number of carboxylic acid groups (broad SMARTS) is 1. The number of hydrogen-bond donors (Lipinski definition) is 1. The topological polar surface area (TPSA) is 102 Å². The van der Waals surface area contributed by atoms with Crippen molar-refractivity contribution in [1.29, 1.82) is 0 Å². The Kier molecular flexibility index (Phi) is 3.95. The van der Waals surface area contributed by atoms with Gasteiger partial charge < -0.3 is 5.11 Å². The SMILES string of the molecule is CC(C)C(C(=O)O)n1ccc2c(nnc3c(-c4ccccc4)cnn32)c1=O. The van der Waals surface area contributed by atoms with Gasteiger partial charge in [0.2, 0.25) is 0 Å². The molecule has 4 aromatic rings. The van der Waals surface area contributed by atoms with Crippen LogP contribution < -0.4 is 5.56 Å². The summed E-state index contributed by atoms with van der Waals surface area (Å²) in [7, 11) is 0. The lowest BCUT2D eigenvalue weighted by atomic mass is 10.0. The molecule has 1 N–H and O–H groups in total. The van der Waals surface area contributed by atoms with Crippen molar-refractivity contribution in [3.05, 3.63) is 59.1 Å². The summed E-state index contributed by atoms with van der Waals surface area (Å²) in [5.74, 6) is -1.32. The van der Waals surface area contributed by atoms with Gasteiger partial charge in [0, 0.05) is 11.8 Å². The summed E-state index contributed by atoms with van der Waals surface area (Å²) in [6.07, 6.45) is 3.16. The molecule has 0 saturated carbocycles. The van der Waals surface area contributed by atoms with Gasteiger partial charge in [-0.05, 0) is 17.5 Å². The number of aliphatic carboxylic acids is 1. The van der Waals surface area contributed by atoms with Crippen molar-refractivity contribution in [1.82, 2.24) is 24.4 Å². The normalized spacial score (nSPS) is 12.7. The van der Waals surface area contributed by atoms with Crippen LogP contribution in [0.2, 0.25) is 0 Å². The number of benzene rings is 1. The highest BCUT2D eigenvalue weighted by molar-refractivity contribution is 5.83. The molecule has 1 atom stereocenters. The maximum Gasteiger partial charge on any atom is 0.327 e. The molecule has 8 nitrogen and oxygen atoms in total. The third-order valence-corrected chi connectivity index (χ3v) is 4.56. The molecule has 0 radical (unpaired) electrons. The van der Waals surface area contributed by atoms with Crippen LogP contribution in [0.15, 0.2) is 53.6 Å². The molecule has 0 saturated heterocycles. The second-order valence-corrected chi connectivity index (χ2v) is 6.65. The molecule has 27 heavy (non-hydrogen) atoms. The Morgan fingerprint density at radius 3 is 2.52 bits per heavy atom. The quantitative estimate of drug-likeness (QED) is 0.597. The van der Waals surface area contributed by atoms with Gasteiger partial charge in [-0.2, -0.15) is 5.10 Å². The first kappa shape index (κ1) is 16.9. The van der Waals surface area contributed by atoms with Crippen LogP contribution in [0.4, 0.5) is 0 Å². The van der Waals surface area contributed by atoms with Gasteiger partial charge in [-0.15, -0.1) is 10.2 Å². The number of rotatable bonds is 4. The van der Waals surface area contributed by atoms with E-state index in [0.29, 0.717) is 11.2 Å².